The van der Waals surface area contributed by atoms with Gasteiger partial charge in [0.15, 0.2) is 5.69 Å². The van der Waals surface area contributed by atoms with Crippen LogP contribution in [0.2, 0.25) is 0 Å². The van der Waals surface area contributed by atoms with Crippen LogP contribution in [0.5, 0.6) is 0 Å². The van der Waals surface area contributed by atoms with E-state index in [9.17, 15) is 9.18 Å². The summed E-state index contributed by atoms with van der Waals surface area (Å²) >= 11 is 0. The Bertz CT molecular complexity index is 991. The highest BCUT2D eigenvalue weighted by Gasteiger charge is 2.41. The zero-order valence-electron chi connectivity index (χ0n) is 14.9. The molecule has 1 atom stereocenters. The van der Waals surface area contributed by atoms with Crippen molar-refractivity contribution in [2.75, 3.05) is 0 Å². The molecule has 0 spiro atoms. The Labute approximate surface area is 157 Å². The van der Waals surface area contributed by atoms with Crippen LogP contribution in [0, 0.1) is 5.82 Å². The molecule has 1 unspecified atom stereocenters. The lowest BCUT2D eigenvalue weighted by Gasteiger charge is -2.29. The van der Waals surface area contributed by atoms with Crippen molar-refractivity contribution in [3.05, 3.63) is 83.4 Å². The minimum atomic E-state index is -0.290. The van der Waals surface area contributed by atoms with Crippen molar-refractivity contribution < 1.29 is 9.18 Å². The summed E-state index contributed by atoms with van der Waals surface area (Å²) in [6, 6.07) is 16.7. The SMILES string of the molecule is O=C(c1ccn(-c2ccc(F)cc2)n1)N(C1CC1)C1CCc2ccccc21. The van der Waals surface area contributed by atoms with Crippen LogP contribution in [-0.4, -0.2) is 26.6 Å². The molecule has 2 aromatic carbocycles. The summed E-state index contributed by atoms with van der Waals surface area (Å²) < 4.78 is 14.8. The number of benzene rings is 2. The normalized spacial score (nSPS) is 18.3. The molecule has 3 aromatic rings. The molecule has 0 saturated heterocycles. The molecule has 1 saturated carbocycles. The lowest BCUT2D eigenvalue weighted by molar-refractivity contribution is 0.0651. The second-order valence-electron chi connectivity index (χ2n) is 7.32. The molecule has 2 aliphatic carbocycles. The predicted molar refractivity (Wildman–Crippen MR) is 100 cm³/mol. The molecule has 4 nitrogen and oxygen atoms in total. The van der Waals surface area contributed by atoms with Gasteiger partial charge in [-0.1, -0.05) is 24.3 Å². The molecule has 5 heteroatoms. The average molecular weight is 361 g/mol. The van der Waals surface area contributed by atoms with Gasteiger partial charge in [0.05, 0.1) is 11.7 Å². The van der Waals surface area contributed by atoms with Gasteiger partial charge >= 0.3 is 0 Å². The number of rotatable bonds is 4. The smallest absolute Gasteiger partial charge is 0.275 e. The number of aryl methyl sites for hydroxylation is 1. The van der Waals surface area contributed by atoms with Crippen LogP contribution in [0.25, 0.3) is 5.69 Å². The maximum Gasteiger partial charge on any atom is 0.275 e. The van der Waals surface area contributed by atoms with Crippen LogP contribution >= 0.6 is 0 Å². The maximum absolute atomic E-state index is 13.3. The van der Waals surface area contributed by atoms with Crippen LogP contribution in [0.4, 0.5) is 4.39 Å². The van der Waals surface area contributed by atoms with E-state index in [1.165, 1.54) is 23.3 Å². The van der Waals surface area contributed by atoms with Crippen molar-refractivity contribution in [3.8, 4) is 5.69 Å². The molecule has 0 radical (unpaired) electrons. The number of amides is 1. The van der Waals surface area contributed by atoms with Crippen molar-refractivity contribution in [1.82, 2.24) is 14.7 Å². The second-order valence-corrected chi connectivity index (χ2v) is 7.32. The van der Waals surface area contributed by atoms with Crippen LogP contribution in [0.1, 0.15) is 46.9 Å². The monoisotopic (exact) mass is 361 g/mol. The highest BCUT2D eigenvalue weighted by Crippen LogP contribution is 2.42. The zero-order valence-corrected chi connectivity index (χ0v) is 14.9. The molecule has 1 fully saturated rings. The van der Waals surface area contributed by atoms with Crippen LogP contribution < -0.4 is 0 Å². The number of nitrogens with zero attached hydrogens (tertiary/aromatic N) is 3. The number of aromatic nitrogens is 2. The summed E-state index contributed by atoms with van der Waals surface area (Å²) in [6.45, 7) is 0. The van der Waals surface area contributed by atoms with Crippen LogP contribution in [-0.2, 0) is 6.42 Å². The van der Waals surface area contributed by atoms with Gasteiger partial charge in [0, 0.05) is 12.2 Å². The van der Waals surface area contributed by atoms with E-state index < -0.39 is 0 Å². The Morgan fingerprint density at radius 2 is 1.81 bits per heavy atom. The first-order valence-corrected chi connectivity index (χ1v) is 9.43. The van der Waals surface area contributed by atoms with Gasteiger partial charge in [0.2, 0.25) is 0 Å². The third kappa shape index (κ3) is 2.93. The molecule has 0 aliphatic heterocycles. The minimum Gasteiger partial charge on any atom is -0.327 e. The fourth-order valence-electron chi connectivity index (χ4n) is 4.05. The first-order chi connectivity index (χ1) is 13.2. The highest BCUT2D eigenvalue weighted by atomic mass is 19.1. The maximum atomic E-state index is 13.3. The molecule has 0 bridgehead atoms. The van der Waals surface area contributed by atoms with Gasteiger partial charge in [-0.3, -0.25) is 4.79 Å². The van der Waals surface area contributed by atoms with E-state index in [4.69, 9.17) is 0 Å². The van der Waals surface area contributed by atoms with Gasteiger partial charge in [0.1, 0.15) is 5.82 Å². The van der Waals surface area contributed by atoms with E-state index in [0.29, 0.717) is 11.7 Å². The molecular weight excluding hydrogens is 341 g/mol. The molecular formula is C22H20FN3O. The largest absolute Gasteiger partial charge is 0.327 e. The number of carbonyl (C=O) groups is 1. The predicted octanol–water partition coefficient (Wildman–Crippen LogP) is 4.30. The summed E-state index contributed by atoms with van der Waals surface area (Å²) in [5.41, 5.74) is 3.80. The summed E-state index contributed by atoms with van der Waals surface area (Å²) in [5.74, 6) is -0.304. The van der Waals surface area contributed by atoms with E-state index in [-0.39, 0.29) is 17.8 Å². The first kappa shape index (κ1) is 16.2. The molecule has 1 heterocycles. The van der Waals surface area contributed by atoms with Gasteiger partial charge in [-0.2, -0.15) is 5.10 Å². The van der Waals surface area contributed by atoms with E-state index in [0.717, 1.165) is 31.4 Å². The van der Waals surface area contributed by atoms with Gasteiger partial charge in [-0.15, -0.1) is 0 Å². The molecule has 5 rings (SSSR count). The number of halogens is 1. The molecule has 1 amide bonds. The third-order valence-corrected chi connectivity index (χ3v) is 5.51. The van der Waals surface area contributed by atoms with E-state index in [1.807, 2.05) is 4.90 Å². The van der Waals surface area contributed by atoms with Crippen molar-refractivity contribution in [1.29, 1.82) is 0 Å². The van der Waals surface area contributed by atoms with Crippen molar-refractivity contribution >= 4 is 5.91 Å². The summed E-state index contributed by atoms with van der Waals surface area (Å²) in [6.07, 6.45) is 5.86. The summed E-state index contributed by atoms with van der Waals surface area (Å²) in [7, 11) is 0. The third-order valence-electron chi connectivity index (χ3n) is 5.51. The van der Waals surface area contributed by atoms with Crippen LogP contribution in [0.3, 0.4) is 0 Å². The number of carbonyl (C=O) groups excluding carboxylic acids is 1. The molecule has 27 heavy (non-hydrogen) atoms. The van der Waals surface area contributed by atoms with E-state index >= 15 is 0 Å². The highest BCUT2D eigenvalue weighted by molar-refractivity contribution is 5.93. The Kier molecular flexibility index (Phi) is 3.81. The van der Waals surface area contributed by atoms with Gasteiger partial charge in [0.25, 0.3) is 5.91 Å². The summed E-state index contributed by atoms with van der Waals surface area (Å²) in [5, 5.41) is 4.47. The fourth-order valence-corrected chi connectivity index (χ4v) is 4.05. The molecule has 136 valence electrons. The first-order valence-electron chi connectivity index (χ1n) is 9.43. The Morgan fingerprint density at radius 1 is 1.04 bits per heavy atom. The van der Waals surface area contributed by atoms with E-state index in [2.05, 4.69) is 29.4 Å². The standard InChI is InChI=1S/C22H20FN3O/c23-16-6-8-17(9-7-16)25-14-13-20(24-25)22(27)26(18-10-11-18)21-12-5-15-3-1-2-4-19(15)21/h1-4,6-9,13-14,18,21H,5,10-12H2. The Hall–Kier alpha value is -2.95. The number of hydrogen-bond donors (Lipinski definition) is 0. The quantitative estimate of drug-likeness (QED) is 0.695. The summed E-state index contributed by atoms with van der Waals surface area (Å²) in [4.78, 5) is 15.4. The number of fused-ring (bicyclic) bond motifs is 1. The minimum absolute atomic E-state index is 0.0138. The van der Waals surface area contributed by atoms with Gasteiger partial charge in [-0.05, 0) is 67.1 Å². The zero-order chi connectivity index (χ0) is 18.4. The molecule has 0 N–H and O–H groups in total. The topological polar surface area (TPSA) is 38.1 Å². The van der Waals surface area contributed by atoms with Gasteiger partial charge < -0.3 is 4.90 Å². The lowest BCUT2D eigenvalue weighted by atomic mass is 10.1. The molecule has 2 aliphatic rings. The Balaban J connectivity index is 1.45. The van der Waals surface area contributed by atoms with Gasteiger partial charge in [-0.25, -0.2) is 9.07 Å². The van der Waals surface area contributed by atoms with Crippen molar-refractivity contribution in [2.45, 2.75) is 37.8 Å². The number of hydrogen-bond acceptors (Lipinski definition) is 2. The lowest BCUT2D eigenvalue weighted by Crippen LogP contribution is -2.36. The van der Waals surface area contributed by atoms with Crippen LogP contribution in [0.15, 0.2) is 60.8 Å². The fraction of sp³-hybridized carbons (Fsp3) is 0.273. The molecule has 1 aromatic heterocycles. The Morgan fingerprint density at radius 3 is 2.59 bits per heavy atom. The van der Waals surface area contributed by atoms with E-state index in [1.54, 1.807) is 29.1 Å². The van der Waals surface area contributed by atoms with Crippen molar-refractivity contribution in [3.63, 3.8) is 0 Å². The van der Waals surface area contributed by atoms with Crippen molar-refractivity contribution in [2.24, 2.45) is 0 Å². The average Bonchev–Trinajstić information content (AvgIpc) is 3.24. The second kappa shape index (κ2) is 6.34.